The Balaban J connectivity index is 3.03. The van der Waals surface area contributed by atoms with Crippen LogP contribution < -0.4 is 5.73 Å². The molecule has 0 saturated carbocycles. The van der Waals surface area contributed by atoms with Crippen LogP contribution in [0.3, 0.4) is 0 Å². The van der Waals surface area contributed by atoms with E-state index in [1.807, 2.05) is 20.8 Å². The van der Waals surface area contributed by atoms with Crippen molar-refractivity contribution >= 4 is 0 Å². The summed E-state index contributed by atoms with van der Waals surface area (Å²) in [6.07, 6.45) is 1.08. The van der Waals surface area contributed by atoms with E-state index in [0.29, 0.717) is 6.42 Å². The average molecular weight is 223 g/mol. The predicted molar refractivity (Wildman–Crippen MR) is 65.4 cm³/mol. The average Bonchev–Trinajstić information content (AvgIpc) is 2.16. The Bertz CT molecular complexity index is 340. The van der Waals surface area contributed by atoms with Crippen molar-refractivity contribution in [3.63, 3.8) is 0 Å². The van der Waals surface area contributed by atoms with E-state index in [1.165, 1.54) is 0 Å². The van der Waals surface area contributed by atoms with Gasteiger partial charge in [0.1, 0.15) is 5.75 Å². The second kappa shape index (κ2) is 5.32. The molecule has 3 nitrogen and oxygen atoms in total. The van der Waals surface area contributed by atoms with E-state index in [9.17, 15) is 10.2 Å². The van der Waals surface area contributed by atoms with Crippen molar-refractivity contribution in [3.8, 4) is 5.75 Å². The Morgan fingerprint density at radius 3 is 2.19 bits per heavy atom. The van der Waals surface area contributed by atoms with Gasteiger partial charge in [0.05, 0.1) is 12.1 Å². The van der Waals surface area contributed by atoms with Crippen LogP contribution in [0.5, 0.6) is 5.75 Å². The highest BCUT2D eigenvalue weighted by Gasteiger charge is 2.20. The number of aryl methyl sites for hydroxylation is 2. The van der Waals surface area contributed by atoms with Crippen molar-refractivity contribution in [2.24, 2.45) is 5.73 Å². The molecule has 2 atom stereocenters. The molecule has 4 N–H and O–H groups in total. The lowest BCUT2D eigenvalue weighted by Crippen LogP contribution is -2.27. The van der Waals surface area contributed by atoms with E-state index >= 15 is 0 Å². The standard InChI is InChI=1S/C13H21NO2/c1-4-5-11(16)13(14)12-8(2)6-10(15)7-9(12)3/h6-7,11,13,15-16H,4-5,14H2,1-3H3/t11-,13-/m0/s1. The van der Waals surface area contributed by atoms with Gasteiger partial charge in [-0.3, -0.25) is 0 Å². The molecular formula is C13H21NO2. The van der Waals surface area contributed by atoms with Crippen molar-refractivity contribution in [1.82, 2.24) is 0 Å². The molecule has 0 saturated heterocycles. The highest BCUT2D eigenvalue weighted by molar-refractivity contribution is 5.42. The normalized spacial score (nSPS) is 14.8. The topological polar surface area (TPSA) is 66.5 Å². The van der Waals surface area contributed by atoms with Crippen LogP contribution in [-0.4, -0.2) is 16.3 Å². The molecule has 90 valence electrons. The molecule has 0 aromatic heterocycles. The van der Waals surface area contributed by atoms with Crippen LogP contribution in [0.15, 0.2) is 12.1 Å². The van der Waals surface area contributed by atoms with Crippen molar-refractivity contribution in [2.45, 2.75) is 45.8 Å². The van der Waals surface area contributed by atoms with Gasteiger partial charge in [-0.05, 0) is 49.1 Å². The van der Waals surface area contributed by atoms with Crippen molar-refractivity contribution in [2.75, 3.05) is 0 Å². The van der Waals surface area contributed by atoms with Gasteiger partial charge in [0.15, 0.2) is 0 Å². The minimum absolute atomic E-state index is 0.246. The monoisotopic (exact) mass is 223 g/mol. The molecule has 1 aromatic carbocycles. The lowest BCUT2D eigenvalue weighted by Gasteiger charge is -2.22. The first-order chi connectivity index (χ1) is 7.47. The van der Waals surface area contributed by atoms with E-state index in [4.69, 9.17) is 5.73 Å². The highest BCUT2D eigenvalue weighted by Crippen LogP contribution is 2.27. The number of phenols is 1. The fourth-order valence-corrected chi connectivity index (χ4v) is 2.15. The molecule has 0 aliphatic heterocycles. The molecule has 0 radical (unpaired) electrons. The molecule has 0 aliphatic rings. The van der Waals surface area contributed by atoms with Crippen LogP contribution in [0.1, 0.15) is 42.5 Å². The zero-order valence-electron chi connectivity index (χ0n) is 10.2. The summed E-state index contributed by atoms with van der Waals surface area (Å²) in [5, 5.41) is 19.3. The zero-order chi connectivity index (χ0) is 12.3. The summed E-state index contributed by atoms with van der Waals surface area (Å²) in [5.41, 5.74) is 8.85. The summed E-state index contributed by atoms with van der Waals surface area (Å²) in [4.78, 5) is 0. The lowest BCUT2D eigenvalue weighted by atomic mass is 9.91. The van der Waals surface area contributed by atoms with Crippen molar-refractivity contribution in [3.05, 3.63) is 28.8 Å². The highest BCUT2D eigenvalue weighted by atomic mass is 16.3. The third-order valence-electron chi connectivity index (χ3n) is 2.91. The number of hydrogen-bond donors (Lipinski definition) is 3. The SMILES string of the molecule is CCC[C@H](O)[C@H](N)c1c(C)cc(O)cc1C. The van der Waals surface area contributed by atoms with Gasteiger partial charge in [0.2, 0.25) is 0 Å². The Hall–Kier alpha value is -1.06. The van der Waals surface area contributed by atoms with Crippen LogP contribution in [0.25, 0.3) is 0 Å². The Morgan fingerprint density at radius 1 is 1.25 bits per heavy atom. The molecule has 0 amide bonds. The molecule has 1 aromatic rings. The molecule has 16 heavy (non-hydrogen) atoms. The number of benzene rings is 1. The molecule has 0 fully saturated rings. The van der Waals surface area contributed by atoms with Gasteiger partial charge >= 0.3 is 0 Å². The van der Waals surface area contributed by atoms with Crippen LogP contribution in [-0.2, 0) is 0 Å². The minimum atomic E-state index is -0.521. The molecule has 3 heteroatoms. The minimum Gasteiger partial charge on any atom is -0.508 e. The van der Waals surface area contributed by atoms with Crippen molar-refractivity contribution in [1.29, 1.82) is 0 Å². The molecule has 0 heterocycles. The van der Waals surface area contributed by atoms with E-state index in [2.05, 4.69) is 0 Å². The van der Waals surface area contributed by atoms with Crippen LogP contribution >= 0.6 is 0 Å². The maximum Gasteiger partial charge on any atom is 0.116 e. The van der Waals surface area contributed by atoms with E-state index < -0.39 is 6.10 Å². The summed E-state index contributed by atoms with van der Waals surface area (Å²) in [6.45, 7) is 5.83. The van der Waals surface area contributed by atoms with Gasteiger partial charge in [-0.25, -0.2) is 0 Å². The second-order valence-electron chi connectivity index (χ2n) is 4.38. The third kappa shape index (κ3) is 2.74. The third-order valence-corrected chi connectivity index (χ3v) is 2.91. The smallest absolute Gasteiger partial charge is 0.116 e. The molecule has 0 spiro atoms. The number of rotatable bonds is 4. The number of aromatic hydroxyl groups is 1. The van der Waals surface area contributed by atoms with E-state index in [1.54, 1.807) is 12.1 Å². The number of hydrogen-bond acceptors (Lipinski definition) is 3. The Labute approximate surface area is 96.9 Å². The number of phenolic OH excluding ortho intramolecular Hbond substituents is 1. The zero-order valence-corrected chi connectivity index (χ0v) is 10.2. The first-order valence-corrected chi connectivity index (χ1v) is 5.71. The van der Waals surface area contributed by atoms with Crippen LogP contribution in [0.4, 0.5) is 0 Å². The van der Waals surface area contributed by atoms with Crippen LogP contribution in [0.2, 0.25) is 0 Å². The van der Waals surface area contributed by atoms with E-state index in [-0.39, 0.29) is 11.8 Å². The van der Waals surface area contributed by atoms with Gasteiger partial charge in [0.25, 0.3) is 0 Å². The first kappa shape index (κ1) is 13.0. The van der Waals surface area contributed by atoms with Gasteiger partial charge in [0, 0.05) is 0 Å². The summed E-state index contributed by atoms with van der Waals surface area (Å²) in [5.74, 6) is 0.246. The number of nitrogens with two attached hydrogens (primary N) is 1. The van der Waals surface area contributed by atoms with Gasteiger partial charge in [-0.2, -0.15) is 0 Å². The second-order valence-corrected chi connectivity index (χ2v) is 4.38. The first-order valence-electron chi connectivity index (χ1n) is 5.71. The number of aliphatic hydroxyl groups excluding tert-OH is 1. The van der Waals surface area contributed by atoms with Gasteiger partial charge in [-0.1, -0.05) is 13.3 Å². The fourth-order valence-electron chi connectivity index (χ4n) is 2.15. The van der Waals surface area contributed by atoms with Gasteiger partial charge < -0.3 is 15.9 Å². The summed E-state index contributed by atoms with van der Waals surface area (Å²) in [7, 11) is 0. The number of aliphatic hydroxyl groups is 1. The molecule has 0 aliphatic carbocycles. The van der Waals surface area contributed by atoms with E-state index in [0.717, 1.165) is 23.1 Å². The molecule has 0 unspecified atom stereocenters. The lowest BCUT2D eigenvalue weighted by molar-refractivity contribution is 0.134. The summed E-state index contributed by atoms with van der Waals surface area (Å²) < 4.78 is 0. The molecule has 0 bridgehead atoms. The summed E-state index contributed by atoms with van der Waals surface area (Å²) in [6, 6.07) is 2.99. The Morgan fingerprint density at radius 2 is 1.75 bits per heavy atom. The predicted octanol–water partition coefficient (Wildman–Crippen LogP) is 2.17. The summed E-state index contributed by atoms with van der Waals surface area (Å²) >= 11 is 0. The maximum absolute atomic E-state index is 9.90. The fraction of sp³-hybridized carbons (Fsp3) is 0.538. The van der Waals surface area contributed by atoms with Crippen molar-refractivity contribution < 1.29 is 10.2 Å². The van der Waals surface area contributed by atoms with Crippen LogP contribution in [0, 0.1) is 13.8 Å². The Kier molecular flexibility index (Phi) is 4.33. The molecular weight excluding hydrogens is 202 g/mol. The molecule has 1 rings (SSSR count). The largest absolute Gasteiger partial charge is 0.508 e. The quantitative estimate of drug-likeness (QED) is 0.733. The van der Waals surface area contributed by atoms with Gasteiger partial charge in [-0.15, -0.1) is 0 Å². The maximum atomic E-state index is 9.90.